The van der Waals surface area contributed by atoms with Gasteiger partial charge in [-0.25, -0.2) is 9.59 Å². The number of ether oxygens (including phenoxy) is 5. The monoisotopic (exact) mass is 500 g/mol. The van der Waals surface area contributed by atoms with Gasteiger partial charge in [-0.05, 0) is 68.8 Å². The van der Waals surface area contributed by atoms with E-state index in [0.717, 1.165) is 5.56 Å². The van der Waals surface area contributed by atoms with Crippen LogP contribution in [-0.4, -0.2) is 60.8 Å². The Hall–Kier alpha value is -3.82. The van der Waals surface area contributed by atoms with E-state index in [1.54, 1.807) is 42.5 Å². The standard InChI is InChI=1S/C27H32O9/c1-17(2)26(30)34-15-20(28)13-32-22-6-8-23(9-7-22)36-24-10-11-25(19(5)12-24)33-14-21(29)16-35-27(31)18(3)4/h6-12,20-21,28-29H,1,3,13-16H2,2,4-5H3. The van der Waals surface area contributed by atoms with Crippen LogP contribution in [0.5, 0.6) is 23.0 Å². The van der Waals surface area contributed by atoms with E-state index in [1.807, 2.05) is 6.92 Å². The summed E-state index contributed by atoms with van der Waals surface area (Å²) < 4.78 is 26.7. The van der Waals surface area contributed by atoms with Crippen molar-refractivity contribution in [1.82, 2.24) is 0 Å². The van der Waals surface area contributed by atoms with Crippen LogP contribution in [0.1, 0.15) is 19.4 Å². The van der Waals surface area contributed by atoms with Gasteiger partial charge in [0.2, 0.25) is 0 Å². The summed E-state index contributed by atoms with van der Waals surface area (Å²) in [4.78, 5) is 22.7. The fourth-order valence-electron chi connectivity index (χ4n) is 2.65. The molecular weight excluding hydrogens is 468 g/mol. The predicted molar refractivity (Wildman–Crippen MR) is 132 cm³/mol. The summed E-state index contributed by atoms with van der Waals surface area (Å²) in [5.74, 6) is 1.10. The van der Waals surface area contributed by atoms with Crippen LogP contribution in [0.25, 0.3) is 0 Å². The van der Waals surface area contributed by atoms with Crippen molar-refractivity contribution in [1.29, 1.82) is 0 Å². The summed E-state index contributed by atoms with van der Waals surface area (Å²) in [6.45, 7) is 11.4. The second-order valence-electron chi connectivity index (χ2n) is 8.19. The first-order valence-electron chi connectivity index (χ1n) is 11.2. The Morgan fingerprint density at radius 2 is 1.22 bits per heavy atom. The van der Waals surface area contributed by atoms with Gasteiger partial charge < -0.3 is 33.9 Å². The third kappa shape index (κ3) is 9.81. The molecular formula is C27H32O9. The summed E-state index contributed by atoms with van der Waals surface area (Å²) in [5, 5.41) is 19.8. The van der Waals surface area contributed by atoms with Crippen LogP contribution in [0.2, 0.25) is 0 Å². The highest BCUT2D eigenvalue weighted by molar-refractivity contribution is 5.87. The van der Waals surface area contributed by atoms with E-state index >= 15 is 0 Å². The van der Waals surface area contributed by atoms with Gasteiger partial charge in [0, 0.05) is 11.1 Å². The minimum atomic E-state index is -0.975. The Labute approximate surface area is 210 Å². The van der Waals surface area contributed by atoms with Gasteiger partial charge in [0.15, 0.2) is 0 Å². The molecule has 0 radical (unpaired) electrons. The average molecular weight is 501 g/mol. The Kier molecular flexibility index (Phi) is 11.0. The molecule has 2 aromatic rings. The molecule has 0 aliphatic rings. The zero-order valence-electron chi connectivity index (χ0n) is 20.7. The lowest BCUT2D eigenvalue weighted by Crippen LogP contribution is -2.25. The largest absolute Gasteiger partial charge is 0.491 e. The fourth-order valence-corrected chi connectivity index (χ4v) is 2.65. The molecule has 0 spiro atoms. The van der Waals surface area contributed by atoms with E-state index in [-0.39, 0.29) is 37.6 Å². The number of esters is 2. The van der Waals surface area contributed by atoms with E-state index in [1.165, 1.54) is 13.8 Å². The second kappa shape index (κ2) is 13.9. The smallest absolute Gasteiger partial charge is 0.333 e. The number of rotatable bonds is 14. The lowest BCUT2D eigenvalue weighted by Gasteiger charge is -2.15. The lowest BCUT2D eigenvalue weighted by atomic mass is 10.2. The molecule has 2 rings (SSSR count). The molecule has 9 heteroatoms. The van der Waals surface area contributed by atoms with Crippen LogP contribution in [0.15, 0.2) is 66.8 Å². The maximum absolute atomic E-state index is 11.4. The summed E-state index contributed by atoms with van der Waals surface area (Å²) >= 11 is 0. The van der Waals surface area contributed by atoms with Gasteiger partial charge in [-0.2, -0.15) is 0 Å². The molecule has 36 heavy (non-hydrogen) atoms. The van der Waals surface area contributed by atoms with Crippen LogP contribution in [0.3, 0.4) is 0 Å². The molecule has 0 saturated heterocycles. The van der Waals surface area contributed by atoms with E-state index in [2.05, 4.69) is 13.2 Å². The van der Waals surface area contributed by atoms with Crippen molar-refractivity contribution in [3.63, 3.8) is 0 Å². The summed E-state index contributed by atoms with van der Waals surface area (Å²) in [6.07, 6.45) is -1.95. The molecule has 0 saturated carbocycles. The normalized spacial score (nSPS) is 12.1. The van der Waals surface area contributed by atoms with Crippen molar-refractivity contribution < 1.29 is 43.5 Å². The van der Waals surface area contributed by atoms with E-state index in [0.29, 0.717) is 23.0 Å². The molecule has 2 unspecified atom stereocenters. The Morgan fingerprint density at radius 1 is 0.750 bits per heavy atom. The third-order valence-electron chi connectivity index (χ3n) is 4.59. The zero-order valence-corrected chi connectivity index (χ0v) is 20.7. The highest BCUT2D eigenvalue weighted by Crippen LogP contribution is 2.28. The lowest BCUT2D eigenvalue weighted by molar-refractivity contribution is -0.143. The Balaban J connectivity index is 1.80. The maximum atomic E-state index is 11.4. The predicted octanol–water partition coefficient (Wildman–Crippen LogP) is 3.51. The second-order valence-corrected chi connectivity index (χ2v) is 8.19. The maximum Gasteiger partial charge on any atom is 0.333 e. The van der Waals surface area contributed by atoms with Gasteiger partial charge in [-0.3, -0.25) is 0 Å². The zero-order chi connectivity index (χ0) is 26.7. The van der Waals surface area contributed by atoms with Crippen molar-refractivity contribution in [3.8, 4) is 23.0 Å². The van der Waals surface area contributed by atoms with Gasteiger partial charge in [0.05, 0.1) is 0 Å². The van der Waals surface area contributed by atoms with E-state index in [4.69, 9.17) is 23.7 Å². The molecule has 2 N–H and O–H groups in total. The summed E-state index contributed by atoms with van der Waals surface area (Å²) in [6, 6.07) is 12.0. The molecule has 2 aromatic carbocycles. The van der Waals surface area contributed by atoms with Crippen molar-refractivity contribution >= 4 is 11.9 Å². The van der Waals surface area contributed by atoms with Crippen molar-refractivity contribution in [2.45, 2.75) is 33.0 Å². The molecule has 0 amide bonds. The molecule has 2 atom stereocenters. The van der Waals surface area contributed by atoms with Crippen molar-refractivity contribution in [3.05, 3.63) is 72.3 Å². The Morgan fingerprint density at radius 3 is 1.72 bits per heavy atom. The van der Waals surface area contributed by atoms with Crippen LogP contribution in [0.4, 0.5) is 0 Å². The third-order valence-corrected chi connectivity index (χ3v) is 4.59. The van der Waals surface area contributed by atoms with Gasteiger partial charge in [-0.1, -0.05) is 13.2 Å². The number of aliphatic hydroxyl groups is 2. The van der Waals surface area contributed by atoms with Gasteiger partial charge in [-0.15, -0.1) is 0 Å². The van der Waals surface area contributed by atoms with Gasteiger partial charge in [0.25, 0.3) is 0 Å². The summed E-state index contributed by atoms with van der Waals surface area (Å²) in [5.41, 5.74) is 1.31. The van der Waals surface area contributed by atoms with Crippen LogP contribution >= 0.6 is 0 Å². The van der Waals surface area contributed by atoms with Crippen LogP contribution in [0, 0.1) is 6.92 Å². The number of carbonyl (C=O) groups excluding carboxylic acids is 2. The number of aryl methyl sites for hydroxylation is 1. The first-order valence-corrected chi connectivity index (χ1v) is 11.2. The number of aliphatic hydroxyl groups excluding tert-OH is 2. The fraction of sp³-hybridized carbons (Fsp3) is 0.333. The molecule has 0 fully saturated rings. The van der Waals surface area contributed by atoms with Crippen LogP contribution in [-0.2, 0) is 19.1 Å². The highest BCUT2D eigenvalue weighted by atomic mass is 16.6. The van der Waals surface area contributed by atoms with E-state index < -0.39 is 24.1 Å². The Bertz CT molecular complexity index is 1060. The highest BCUT2D eigenvalue weighted by Gasteiger charge is 2.12. The average Bonchev–Trinajstić information content (AvgIpc) is 2.84. The molecule has 194 valence electrons. The van der Waals surface area contributed by atoms with Crippen LogP contribution < -0.4 is 14.2 Å². The molecule has 9 nitrogen and oxygen atoms in total. The number of hydrogen-bond acceptors (Lipinski definition) is 9. The van der Waals surface area contributed by atoms with Gasteiger partial charge in [0.1, 0.15) is 61.6 Å². The minimum absolute atomic E-state index is 0.0446. The summed E-state index contributed by atoms with van der Waals surface area (Å²) in [7, 11) is 0. The number of hydrogen-bond donors (Lipinski definition) is 2. The first-order chi connectivity index (χ1) is 17.0. The molecule has 0 bridgehead atoms. The van der Waals surface area contributed by atoms with E-state index in [9.17, 15) is 19.8 Å². The minimum Gasteiger partial charge on any atom is -0.491 e. The van der Waals surface area contributed by atoms with Crippen molar-refractivity contribution in [2.24, 2.45) is 0 Å². The van der Waals surface area contributed by atoms with Gasteiger partial charge >= 0.3 is 11.9 Å². The quantitative estimate of drug-likeness (QED) is 0.296. The van der Waals surface area contributed by atoms with Crippen molar-refractivity contribution in [2.75, 3.05) is 26.4 Å². The number of carbonyl (C=O) groups is 2. The molecule has 0 aliphatic carbocycles. The SMILES string of the molecule is C=C(C)C(=O)OCC(O)COc1ccc(Oc2ccc(OCC(O)COC(=O)C(=C)C)c(C)c2)cc1. The first kappa shape index (κ1) is 28.4. The molecule has 0 heterocycles. The molecule has 0 aromatic heterocycles. The molecule has 0 aliphatic heterocycles. The topological polar surface area (TPSA) is 121 Å². The number of benzene rings is 2.